The Morgan fingerprint density at radius 3 is 2.45 bits per heavy atom. The molecule has 2 aliphatic carbocycles. The van der Waals surface area contributed by atoms with Crippen LogP contribution >= 0.6 is 0 Å². The molecule has 2 bridgehead atoms. The van der Waals surface area contributed by atoms with Gasteiger partial charge in [0, 0.05) is 18.0 Å². The van der Waals surface area contributed by atoms with E-state index in [1.807, 2.05) is 4.90 Å². The van der Waals surface area contributed by atoms with Crippen LogP contribution in [0.3, 0.4) is 0 Å². The molecule has 0 radical (unpaired) electrons. The zero-order valence-corrected chi connectivity index (χ0v) is 18.3. The van der Waals surface area contributed by atoms with E-state index in [9.17, 15) is 9.59 Å². The fraction of sp³-hybridized carbons (Fsp3) is 0.615. The van der Waals surface area contributed by atoms with Gasteiger partial charge in [0.2, 0.25) is 11.8 Å². The lowest BCUT2D eigenvalue weighted by Gasteiger charge is -2.36. The van der Waals surface area contributed by atoms with E-state index >= 15 is 0 Å². The topological polar surface area (TPSA) is 58.6 Å². The van der Waals surface area contributed by atoms with Crippen molar-refractivity contribution >= 4 is 11.8 Å². The number of ether oxygens (including phenoxy) is 1. The van der Waals surface area contributed by atoms with Gasteiger partial charge in [-0.2, -0.15) is 0 Å². The molecule has 5 nitrogen and oxygen atoms in total. The highest BCUT2D eigenvalue weighted by molar-refractivity contribution is 5.97. The van der Waals surface area contributed by atoms with Crippen LogP contribution in [0.25, 0.3) is 0 Å². The van der Waals surface area contributed by atoms with Crippen molar-refractivity contribution in [2.45, 2.75) is 94.0 Å². The summed E-state index contributed by atoms with van der Waals surface area (Å²) in [5, 5.41) is 3.30. The SMILES string of the molecule is Cc1ccc([C@@H]2[C@H]3C=C[C@]4(O3)[C@H](C(=O)NC3CCCC3)N(C3CCCC3)C(=O)[C@@H]24)cc1. The van der Waals surface area contributed by atoms with Gasteiger partial charge in [-0.05, 0) is 38.2 Å². The average Bonchev–Trinajstić information content (AvgIpc) is 3.57. The van der Waals surface area contributed by atoms with Gasteiger partial charge in [-0.15, -0.1) is 0 Å². The number of carbonyl (C=O) groups is 2. The molecule has 5 atom stereocenters. The number of nitrogens with zero attached hydrogens (tertiary/aromatic N) is 1. The van der Waals surface area contributed by atoms with Crippen LogP contribution in [0.1, 0.15) is 68.4 Å². The molecule has 2 amide bonds. The molecular formula is C26H32N2O3. The van der Waals surface area contributed by atoms with Crippen LogP contribution in [0.4, 0.5) is 0 Å². The largest absolute Gasteiger partial charge is 0.359 e. The lowest BCUT2D eigenvalue weighted by atomic mass is 9.72. The second-order valence-corrected chi connectivity index (χ2v) is 10.3. The Morgan fingerprint density at radius 1 is 1.06 bits per heavy atom. The Balaban J connectivity index is 1.39. The Bertz CT molecular complexity index is 913. The van der Waals surface area contributed by atoms with Crippen molar-refractivity contribution < 1.29 is 14.3 Å². The predicted octanol–water partition coefficient (Wildman–Crippen LogP) is 3.61. The van der Waals surface area contributed by atoms with E-state index < -0.39 is 11.6 Å². The third kappa shape index (κ3) is 2.85. The van der Waals surface area contributed by atoms with Gasteiger partial charge >= 0.3 is 0 Å². The second-order valence-electron chi connectivity index (χ2n) is 10.3. The molecule has 1 spiro atoms. The summed E-state index contributed by atoms with van der Waals surface area (Å²) in [6, 6.07) is 8.31. The summed E-state index contributed by atoms with van der Waals surface area (Å²) in [7, 11) is 0. The van der Waals surface area contributed by atoms with Crippen molar-refractivity contribution in [2.24, 2.45) is 5.92 Å². The van der Waals surface area contributed by atoms with Crippen molar-refractivity contribution in [2.75, 3.05) is 0 Å². The third-order valence-corrected chi connectivity index (χ3v) is 8.44. The van der Waals surface area contributed by atoms with Gasteiger partial charge in [-0.25, -0.2) is 0 Å². The Hall–Kier alpha value is -2.14. The normalized spacial score (nSPS) is 37.2. The van der Waals surface area contributed by atoms with Gasteiger partial charge in [0.1, 0.15) is 11.6 Å². The lowest BCUT2D eigenvalue weighted by molar-refractivity contribution is -0.142. The van der Waals surface area contributed by atoms with Crippen LogP contribution in [-0.2, 0) is 14.3 Å². The van der Waals surface area contributed by atoms with Gasteiger partial charge < -0.3 is 15.0 Å². The molecular weight excluding hydrogens is 388 g/mol. The molecule has 5 aliphatic rings. The third-order valence-electron chi connectivity index (χ3n) is 8.44. The molecule has 1 aromatic rings. The van der Waals surface area contributed by atoms with E-state index in [-0.39, 0.29) is 41.8 Å². The average molecular weight is 421 g/mol. The quantitative estimate of drug-likeness (QED) is 0.757. The van der Waals surface area contributed by atoms with E-state index in [2.05, 4.69) is 48.7 Å². The highest BCUT2D eigenvalue weighted by atomic mass is 16.5. The Kier molecular flexibility index (Phi) is 4.53. The molecule has 31 heavy (non-hydrogen) atoms. The monoisotopic (exact) mass is 420 g/mol. The van der Waals surface area contributed by atoms with Crippen LogP contribution in [-0.4, -0.2) is 46.5 Å². The van der Waals surface area contributed by atoms with Crippen molar-refractivity contribution in [3.63, 3.8) is 0 Å². The van der Waals surface area contributed by atoms with Gasteiger partial charge in [-0.3, -0.25) is 9.59 Å². The molecule has 2 saturated carbocycles. The molecule has 164 valence electrons. The minimum absolute atomic E-state index is 0.00972. The van der Waals surface area contributed by atoms with Gasteiger partial charge in [0.05, 0.1) is 12.0 Å². The minimum Gasteiger partial charge on any atom is -0.359 e. The second kappa shape index (κ2) is 7.19. The molecule has 4 fully saturated rings. The fourth-order valence-corrected chi connectivity index (χ4v) is 7.00. The van der Waals surface area contributed by atoms with E-state index in [0.717, 1.165) is 44.1 Å². The number of aryl methyl sites for hydroxylation is 1. The first-order valence-electron chi connectivity index (χ1n) is 12.1. The summed E-state index contributed by atoms with van der Waals surface area (Å²) in [5.41, 5.74) is 1.52. The molecule has 1 aromatic carbocycles. The van der Waals surface area contributed by atoms with E-state index in [1.54, 1.807) is 0 Å². The van der Waals surface area contributed by atoms with Gasteiger partial charge in [-0.1, -0.05) is 67.7 Å². The van der Waals surface area contributed by atoms with Crippen molar-refractivity contribution in [3.8, 4) is 0 Å². The Morgan fingerprint density at radius 2 is 1.74 bits per heavy atom. The minimum atomic E-state index is -0.831. The number of fused-ring (bicyclic) bond motifs is 1. The van der Waals surface area contributed by atoms with Crippen molar-refractivity contribution in [3.05, 3.63) is 47.5 Å². The maximum Gasteiger partial charge on any atom is 0.246 e. The number of rotatable bonds is 4. The number of benzene rings is 1. The maximum absolute atomic E-state index is 14.0. The number of hydrogen-bond acceptors (Lipinski definition) is 3. The molecule has 6 rings (SSSR count). The molecule has 5 heteroatoms. The first-order chi connectivity index (χ1) is 15.1. The number of amides is 2. The highest BCUT2D eigenvalue weighted by Gasteiger charge is 2.72. The van der Waals surface area contributed by atoms with E-state index in [1.165, 1.54) is 18.4 Å². The highest BCUT2D eigenvalue weighted by Crippen LogP contribution is 2.59. The first-order valence-corrected chi connectivity index (χ1v) is 12.1. The summed E-state index contributed by atoms with van der Waals surface area (Å²) < 4.78 is 6.61. The van der Waals surface area contributed by atoms with Crippen molar-refractivity contribution in [1.82, 2.24) is 10.2 Å². The lowest BCUT2D eigenvalue weighted by Crippen LogP contribution is -2.57. The first kappa shape index (κ1) is 19.5. The van der Waals surface area contributed by atoms with E-state index in [0.29, 0.717) is 0 Å². The number of carbonyl (C=O) groups excluding carboxylic acids is 2. The molecule has 3 heterocycles. The van der Waals surface area contributed by atoms with E-state index in [4.69, 9.17) is 4.74 Å². The summed E-state index contributed by atoms with van der Waals surface area (Å²) in [6.07, 6.45) is 12.7. The predicted molar refractivity (Wildman–Crippen MR) is 117 cm³/mol. The van der Waals surface area contributed by atoms with Crippen LogP contribution in [0.2, 0.25) is 0 Å². The Labute approximate surface area is 184 Å². The zero-order valence-electron chi connectivity index (χ0n) is 18.3. The standard InChI is InChI=1S/C26H32N2O3/c1-16-10-12-17(13-11-16)21-20-14-15-26(31-20)22(21)25(30)28(19-8-4-5-9-19)23(26)24(29)27-18-6-2-3-7-18/h10-15,18-23H,2-9H2,1H3,(H,27,29)/t20-,21-,22-,23+,26-/m1/s1. The summed E-state index contributed by atoms with van der Waals surface area (Å²) >= 11 is 0. The van der Waals surface area contributed by atoms with Crippen LogP contribution < -0.4 is 5.32 Å². The van der Waals surface area contributed by atoms with Crippen LogP contribution in [0.5, 0.6) is 0 Å². The molecule has 1 N–H and O–H groups in total. The number of hydrogen-bond donors (Lipinski definition) is 1. The van der Waals surface area contributed by atoms with Gasteiger partial charge in [0.25, 0.3) is 0 Å². The summed E-state index contributed by atoms with van der Waals surface area (Å²) in [5.74, 6) is -0.225. The van der Waals surface area contributed by atoms with Crippen LogP contribution in [0.15, 0.2) is 36.4 Å². The number of nitrogens with one attached hydrogen (secondary N) is 1. The van der Waals surface area contributed by atoms with Crippen molar-refractivity contribution in [1.29, 1.82) is 0 Å². The van der Waals surface area contributed by atoms with Crippen LogP contribution in [0, 0.1) is 12.8 Å². The number of likely N-dealkylation sites (tertiary alicyclic amines) is 1. The molecule has 2 saturated heterocycles. The summed E-state index contributed by atoms with van der Waals surface area (Å²) in [6.45, 7) is 2.08. The fourth-order valence-electron chi connectivity index (χ4n) is 7.00. The maximum atomic E-state index is 14.0. The summed E-state index contributed by atoms with van der Waals surface area (Å²) in [4.78, 5) is 29.7. The zero-order chi connectivity index (χ0) is 21.2. The molecule has 0 aromatic heterocycles. The van der Waals surface area contributed by atoms with Gasteiger partial charge in [0.15, 0.2) is 0 Å². The smallest absolute Gasteiger partial charge is 0.246 e. The molecule has 3 aliphatic heterocycles. The molecule has 0 unspecified atom stereocenters.